The van der Waals surface area contributed by atoms with Gasteiger partial charge in [-0.1, -0.05) is 13.8 Å². The van der Waals surface area contributed by atoms with Gasteiger partial charge < -0.3 is 10.5 Å². The molecule has 0 aliphatic heterocycles. The molecule has 0 aliphatic carbocycles. The predicted octanol–water partition coefficient (Wildman–Crippen LogP) is 0.872. The highest BCUT2D eigenvalue weighted by Crippen LogP contribution is 2.09. The van der Waals surface area contributed by atoms with Crippen molar-refractivity contribution in [1.82, 2.24) is 0 Å². The van der Waals surface area contributed by atoms with Crippen molar-refractivity contribution in [3.63, 3.8) is 0 Å². The van der Waals surface area contributed by atoms with Crippen molar-refractivity contribution in [3.8, 4) is 0 Å². The minimum absolute atomic E-state index is 0.160. The molecular formula is C6H10ClNO3. The molecule has 0 unspecified atom stereocenters. The van der Waals surface area contributed by atoms with Crippen molar-refractivity contribution in [2.24, 2.45) is 11.7 Å². The van der Waals surface area contributed by atoms with Crippen LogP contribution >= 0.6 is 11.6 Å². The number of hydrogen-bond acceptors (Lipinski definition) is 3. The Labute approximate surface area is 69.6 Å². The summed E-state index contributed by atoms with van der Waals surface area (Å²) in [6.07, 6.45) is -1.92. The predicted molar refractivity (Wildman–Crippen MR) is 40.2 cm³/mol. The largest absolute Gasteiger partial charge is 0.437 e. The summed E-state index contributed by atoms with van der Waals surface area (Å²) in [4.78, 5) is 20.8. The molecule has 0 aromatic rings. The smallest absolute Gasteiger partial charge is 0.405 e. The van der Waals surface area contributed by atoms with Gasteiger partial charge in [-0.2, -0.15) is 0 Å². The fourth-order valence-electron chi connectivity index (χ4n) is 0.570. The van der Waals surface area contributed by atoms with Crippen molar-refractivity contribution >= 4 is 22.9 Å². The summed E-state index contributed by atoms with van der Waals surface area (Å²) in [5, 5.41) is -0.709. The number of carbonyl (C=O) groups excluding carboxylic acids is 2. The summed E-state index contributed by atoms with van der Waals surface area (Å²) < 4.78 is 4.43. The van der Waals surface area contributed by atoms with E-state index in [0.29, 0.717) is 0 Å². The number of nitrogens with two attached hydrogens (primary N) is 1. The first kappa shape index (κ1) is 10.2. The summed E-state index contributed by atoms with van der Waals surface area (Å²) >= 11 is 5.11. The van der Waals surface area contributed by atoms with Gasteiger partial charge in [0, 0.05) is 0 Å². The molecule has 0 aromatic heterocycles. The van der Waals surface area contributed by atoms with Crippen LogP contribution in [-0.2, 0) is 9.53 Å². The number of hydrogen-bond donors (Lipinski definition) is 1. The van der Waals surface area contributed by atoms with Crippen LogP contribution in [0.25, 0.3) is 0 Å². The zero-order chi connectivity index (χ0) is 9.02. The van der Waals surface area contributed by atoms with E-state index in [1.807, 2.05) is 0 Å². The fourth-order valence-corrected chi connectivity index (χ4v) is 0.866. The summed E-state index contributed by atoms with van der Waals surface area (Å²) in [5.41, 5.74) is 4.70. The van der Waals surface area contributed by atoms with Gasteiger partial charge in [-0.05, 0) is 17.5 Å². The highest BCUT2D eigenvalue weighted by Gasteiger charge is 2.23. The van der Waals surface area contributed by atoms with E-state index in [4.69, 9.17) is 17.3 Å². The lowest BCUT2D eigenvalue weighted by Crippen LogP contribution is -2.31. The Bertz CT molecular complexity index is 169. The molecule has 0 heterocycles. The molecule has 0 spiro atoms. The molecule has 0 saturated carbocycles. The van der Waals surface area contributed by atoms with Crippen LogP contribution in [-0.4, -0.2) is 17.4 Å². The average molecular weight is 180 g/mol. The molecule has 11 heavy (non-hydrogen) atoms. The van der Waals surface area contributed by atoms with Gasteiger partial charge >= 0.3 is 6.09 Å². The van der Waals surface area contributed by atoms with E-state index in [-0.39, 0.29) is 5.92 Å². The van der Waals surface area contributed by atoms with Crippen molar-refractivity contribution in [2.75, 3.05) is 0 Å². The summed E-state index contributed by atoms with van der Waals surface area (Å²) in [6, 6.07) is 0. The maximum atomic E-state index is 10.6. The molecule has 0 radical (unpaired) electrons. The van der Waals surface area contributed by atoms with Crippen LogP contribution in [0, 0.1) is 5.92 Å². The first-order valence-electron chi connectivity index (χ1n) is 3.10. The fraction of sp³-hybridized carbons (Fsp3) is 0.667. The van der Waals surface area contributed by atoms with Gasteiger partial charge in [-0.25, -0.2) is 4.79 Å². The summed E-state index contributed by atoms with van der Waals surface area (Å²) in [7, 11) is 0. The number of primary amides is 1. The SMILES string of the molecule is CC(C)[C@@H](OC(N)=O)C(=O)Cl. The van der Waals surface area contributed by atoms with Crippen molar-refractivity contribution in [3.05, 3.63) is 0 Å². The molecule has 0 saturated heterocycles. The lowest BCUT2D eigenvalue weighted by atomic mass is 10.1. The van der Waals surface area contributed by atoms with Gasteiger partial charge in [0.1, 0.15) is 0 Å². The summed E-state index contributed by atoms with van der Waals surface area (Å²) in [6.45, 7) is 3.40. The van der Waals surface area contributed by atoms with E-state index in [2.05, 4.69) is 4.74 Å². The second-order valence-electron chi connectivity index (χ2n) is 2.41. The van der Waals surface area contributed by atoms with Gasteiger partial charge in [0.05, 0.1) is 0 Å². The van der Waals surface area contributed by atoms with E-state index in [1.165, 1.54) is 0 Å². The Balaban J connectivity index is 4.12. The van der Waals surface area contributed by atoms with E-state index >= 15 is 0 Å². The standard InChI is InChI=1S/C6H10ClNO3/c1-3(2)4(5(7)9)11-6(8)10/h3-4H,1-2H3,(H2,8,10)/t4-/m1/s1. The number of carbonyl (C=O) groups is 2. The van der Waals surface area contributed by atoms with Crippen molar-refractivity contribution in [1.29, 1.82) is 0 Å². The molecule has 1 amide bonds. The zero-order valence-electron chi connectivity index (χ0n) is 6.33. The molecule has 0 aromatic carbocycles. The van der Waals surface area contributed by atoms with Crippen LogP contribution in [0.5, 0.6) is 0 Å². The Morgan fingerprint density at radius 2 is 1.91 bits per heavy atom. The molecule has 2 N–H and O–H groups in total. The Morgan fingerprint density at radius 3 is 2.00 bits per heavy atom. The topological polar surface area (TPSA) is 69.4 Å². The second kappa shape index (κ2) is 4.18. The van der Waals surface area contributed by atoms with Gasteiger partial charge in [0.2, 0.25) is 0 Å². The van der Waals surface area contributed by atoms with Crippen molar-refractivity contribution < 1.29 is 14.3 Å². The van der Waals surface area contributed by atoms with Crippen LogP contribution in [0.4, 0.5) is 4.79 Å². The quantitative estimate of drug-likeness (QED) is 0.654. The lowest BCUT2D eigenvalue weighted by Gasteiger charge is -2.14. The molecule has 5 heteroatoms. The molecule has 4 nitrogen and oxygen atoms in total. The molecule has 0 fully saturated rings. The Morgan fingerprint density at radius 1 is 1.45 bits per heavy atom. The minimum atomic E-state index is -0.988. The first-order valence-corrected chi connectivity index (χ1v) is 3.48. The minimum Gasteiger partial charge on any atom is -0.437 e. The third-order valence-electron chi connectivity index (χ3n) is 1.07. The number of halogens is 1. The van der Waals surface area contributed by atoms with Crippen molar-refractivity contribution in [2.45, 2.75) is 20.0 Å². The number of amides is 1. The zero-order valence-corrected chi connectivity index (χ0v) is 7.09. The third-order valence-corrected chi connectivity index (χ3v) is 1.29. The number of rotatable bonds is 3. The monoisotopic (exact) mass is 179 g/mol. The van der Waals surface area contributed by atoms with Crippen LogP contribution in [0.15, 0.2) is 0 Å². The molecule has 64 valence electrons. The van der Waals surface area contributed by atoms with Gasteiger partial charge in [-0.15, -0.1) is 0 Å². The third kappa shape index (κ3) is 3.83. The molecule has 0 rings (SSSR count). The second-order valence-corrected chi connectivity index (χ2v) is 2.78. The van der Waals surface area contributed by atoms with E-state index in [9.17, 15) is 9.59 Å². The van der Waals surface area contributed by atoms with E-state index in [1.54, 1.807) is 13.8 Å². The molecule has 1 atom stereocenters. The van der Waals surface area contributed by atoms with Crippen LogP contribution in [0.1, 0.15) is 13.8 Å². The highest BCUT2D eigenvalue weighted by atomic mass is 35.5. The van der Waals surface area contributed by atoms with E-state index in [0.717, 1.165) is 0 Å². The lowest BCUT2D eigenvalue weighted by molar-refractivity contribution is -0.121. The normalized spacial score (nSPS) is 12.7. The number of ether oxygens (including phenoxy) is 1. The van der Waals surface area contributed by atoms with Gasteiger partial charge in [0.25, 0.3) is 5.24 Å². The summed E-state index contributed by atoms with van der Waals surface area (Å²) in [5.74, 6) is -0.160. The molecule has 0 aliphatic rings. The van der Waals surface area contributed by atoms with Crippen LogP contribution in [0.3, 0.4) is 0 Å². The maximum Gasteiger partial charge on any atom is 0.405 e. The first-order chi connectivity index (χ1) is 4.95. The highest BCUT2D eigenvalue weighted by molar-refractivity contribution is 6.64. The molecule has 0 bridgehead atoms. The Hall–Kier alpha value is -0.770. The average Bonchev–Trinajstić information content (AvgIpc) is 1.81. The van der Waals surface area contributed by atoms with Crippen LogP contribution in [0.2, 0.25) is 0 Å². The molecular weight excluding hydrogens is 170 g/mol. The van der Waals surface area contributed by atoms with Crippen LogP contribution < -0.4 is 5.73 Å². The maximum absolute atomic E-state index is 10.6. The van der Waals surface area contributed by atoms with E-state index < -0.39 is 17.4 Å². The Kier molecular flexibility index (Phi) is 3.89. The van der Waals surface area contributed by atoms with Gasteiger partial charge in [0.15, 0.2) is 6.10 Å². The van der Waals surface area contributed by atoms with Gasteiger partial charge in [-0.3, -0.25) is 4.79 Å².